The molecular formula is C15H20N2O3. The number of rotatable bonds is 7. The van der Waals surface area contributed by atoms with E-state index in [9.17, 15) is 4.79 Å². The second-order valence-electron chi connectivity index (χ2n) is 4.39. The maximum atomic E-state index is 11.8. The molecule has 20 heavy (non-hydrogen) atoms. The van der Waals surface area contributed by atoms with Crippen molar-refractivity contribution in [1.29, 1.82) is 0 Å². The van der Waals surface area contributed by atoms with Crippen LogP contribution in [0.4, 0.5) is 10.5 Å². The monoisotopic (exact) mass is 276 g/mol. The molecule has 108 valence electrons. The highest BCUT2D eigenvalue weighted by Crippen LogP contribution is 2.17. The van der Waals surface area contributed by atoms with E-state index in [1.165, 1.54) is 0 Å². The van der Waals surface area contributed by atoms with Gasteiger partial charge in [-0.3, -0.25) is 0 Å². The summed E-state index contributed by atoms with van der Waals surface area (Å²) in [6.07, 6.45) is 6.51. The first-order valence-electron chi connectivity index (χ1n) is 6.50. The van der Waals surface area contributed by atoms with Gasteiger partial charge in [0.05, 0.1) is 0 Å². The van der Waals surface area contributed by atoms with E-state index < -0.39 is 0 Å². The van der Waals surface area contributed by atoms with Gasteiger partial charge in [0.25, 0.3) is 0 Å². The van der Waals surface area contributed by atoms with E-state index in [-0.39, 0.29) is 25.3 Å². The average Bonchev–Trinajstić information content (AvgIpc) is 2.43. The predicted octanol–water partition coefficient (Wildman–Crippen LogP) is 1.98. The van der Waals surface area contributed by atoms with Crippen LogP contribution in [0.15, 0.2) is 24.3 Å². The summed E-state index contributed by atoms with van der Waals surface area (Å²) >= 11 is 0. The molecule has 5 nitrogen and oxygen atoms in total. The van der Waals surface area contributed by atoms with Crippen molar-refractivity contribution in [1.82, 2.24) is 5.32 Å². The molecule has 0 aliphatic carbocycles. The summed E-state index contributed by atoms with van der Waals surface area (Å²) in [7, 11) is 0. The molecule has 1 rings (SSSR count). The summed E-state index contributed by atoms with van der Waals surface area (Å²) in [5.41, 5.74) is 0.631. The second kappa shape index (κ2) is 8.83. The lowest BCUT2D eigenvalue weighted by atomic mass is 10.2. The Morgan fingerprint density at radius 3 is 3.05 bits per heavy atom. The van der Waals surface area contributed by atoms with Gasteiger partial charge in [0.15, 0.2) is 0 Å². The minimum Gasteiger partial charge on any atom is -0.481 e. The first-order valence-corrected chi connectivity index (χ1v) is 6.50. The van der Waals surface area contributed by atoms with Gasteiger partial charge in [-0.05, 0) is 31.9 Å². The molecule has 0 spiro atoms. The fraction of sp³-hybridized carbons (Fsp3) is 0.400. The Morgan fingerprint density at radius 1 is 1.55 bits per heavy atom. The number of anilines is 1. The van der Waals surface area contributed by atoms with E-state index in [0.717, 1.165) is 6.42 Å². The fourth-order valence-corrected chi connectivity index (χ4v) is 1.65. The number of amides is 2. The number of carbonyl (C=O) groups is 1. The first-order chi connectivity index (χ1) is 9.65. The van der Waals surface area contributed by atoms with Crippen LogP contribution in [0.3, 0.4) is 0 Å². The van der Waals surface area contributed by atoms with Gasteiger partial charge in [-0.15, -0.1) is 6.42 Å². The SMILES string of the molecule is C#CCOc1cccc(NC(=O)NC(C)CCCO)c1. The first kappa shape index (κ1) is 15.9. The molecule has 5 heteroatoms. The van der Waals surface area contributed by atoms with Crippen LogP contribution in [0.5, 0.6) is 5.75 Å². The molecule has 3 N–H and O–H groups in total. The molecule has 0 heterocycles. The molecule has 1 unspecified atom stereocenters. The predicted molar refractivity (Wildman–Crippen MR) is 78.7 cm³/mol. The Bertz CT molecular complexity index is 468. The highest BCUT2D eigenvalue weighted by molar-refractivity contribution is 5.89. The number of aliphatic hydroxyl groups is 1. The van der Waals surface area contributed by atoms with Gasteiger partial charge >= 0.3 is 6.03 Å². The van der Waals surface area contributed by atoms with Crippen molar-refractivity contribution in [2.24, 2.45) is 0 Å². The third kappa shape index (κ3) is 6.12. The van der Waals surface area contributed by atoms with Crippen molar-refractivity contribution in [3.63, 3.8) is 0 Å². The number of nitrogens with one attached hydrogen (secondary N) is 2. The highest BCUT2D eigenvalue weighted by atomic mass is 16.5. The second-order valence-corrected chi connectivity index (χ2v) is 4.39. The summed E-state index contributed by atoms with van der Waals surface area (Å²) < 4.78 is 5.28. The molecule has 0 saturated heterocycles. The number of aliphatic hydroxyl groups excluding tert-OH is 1. The van der Waals surface area contributed by atoms with Crippen LogP contribution < -0.4 is 15.4 Å². The van der Waals surface area contributed by atoms with Crippen molar-refractivity contribution in [2.45, 2.75) is 25.8 Å². The molecule has 0 aliphatic rings. The molecule has 0 saturated carbocycles. The summed E-state index contributed by atoms with van der Waals surface area (Å²) in [5, 5.41) is 14.2. The minimum atomic E-state index is -0.287. The fourth-order valence-electron chi connectivity index (χ4n) is 1.65. The van der Waals surface area contributed by atoms with Crippen molar-refractivity contribution < 1.29 is 14.6 Å². The number of terminal acetylenes is 1. The van der Waals surface area contributed by atoms with Gasteiger partial charge in [-0.1, -0.05) is 12.0 Å². The molecular weight excluding hydrogens is 256 g/mol. The van der Waals surface area contributed by atoms with E-state index in [2.05, 4.69) is 16.6 Å². The van der Waals surface area contributed by atoms with Crippen LogP contribution in [0.25, 0.3) is 0 Å². The smallest absolute Gasteiger partial charge is 0.319 e. The zero-order valence-corrected chi connectivity index (χ0v) is 11.6. The summed E-state index contributed by atoms with van der Waals surface area (Å²) in [4.78, 5) is 11.8. The third-order valence-electron chi connectivity index (χ3n) is 2.59. The molecule has 0 bridgehead atoms. The maximum Gasteiger partial charge on any atom is 0.319 e. The zero-order chi connectivity index (χ0) is 14.8. The van der Waals surface area contributed by atoms with E-state index in [1.54, 1.807) is 24.3 Å². The molecule has 2 amide bonds. The van der Waals surface area contributed by atoms with Gasteiger partial charge in [0.1, 0.15) is 12.4 Å². The van der Waals surface area contributed by atoms with Crippen LogP contribution in [0.1, 0.15) is 19.8 Å². The molecule has 1 atom stereocenters. The Hall–Kier alpha value is -2.19. The Kier molecular flexibility index (Phi) is 7.01. The maximum absolute atomic E-state index is 11.8. The van der Waals surface area contributed by atoms with Crippen LogP contribution >= 0.6 is 0 Å². The number of carbonyl (C=O) groups excluding carboxylic acids is 1. The number of hydrogen-bond acceptors (Lipinski definition) is 3. The number of ether oxygens (including phenoxy) is 1. The largest absolute Gasteiger partial charge is 0.481 e. The van der Waals surface area contributed by atoms with Crippen LogP contribution in [-0.2, 0) is 0 Å². The average molecular weight is 276 g/mol. The van der Waals surface area contributed by atoms with Gasteiger partial charge in [-0.25, -0.2) is 4.79 Å². The summed E-state index contributed by atoms with van der Waals surface area (Å²) in [5.74, 6) is 2.99. The number of hydrogen-bond donors (Lipinski definition) is 3. The molecule has 0 radical (unpaired) electrons. The minimum absolute atomic E-state index is 0.00280. The number of urea groups is 1. The van der Waals surface area contributed by atoms with Crippen LogP contribution in [0, 0.1) is 12.3 Å². The quantitative estimate of drug-likeness (QED) is 0.667. The van der Waals surface area contributed by atoms with Crippen LogP contribution in [0.2, 0.25) is 0 Å². The Labute approximate surface area is 119 Å². The molecule has 1 aromatic rings. The van der Waals surface area contributed by atoms with Crippen molar-refractivity contribution in [3.05, 3.63) is 24.3 Å². The van der Waals surface area contributed by atoms with Crippen LogP contribution in [-0.4, -0.2) is 30.4 Å². The lowest BCUT2D eigenvalue weighted by Crippen LogP contribution is -2.36. The van der Waals surface area contributed by atoms with Crippen molar-refractivity contribution in [3.8, 4) is 18.1 Å². The summed E-state index contributed by atoms with van der Waals surface area (Å²) in [6.45, 7) is 2.21. The standard InChI is InChI=1S/C15H20N2O3/c1-3-10-20-14-8-4-7-13(11-14)17-15(19)16-12(2)6-5-9-18/h1,4,7-8,11-12,18H,5-6,9-10H2,2H3,(H2,16,17,19). The van der Waals surface area contributed by atoms with E-state index >= 15 is 0 Å². The lowest BCUT2D eigenvalue weighted by molar-refractivity contribution is 0.245. The molecule has 0 aromatic heterocycles. The van der Waals surface area contributed by atoms with Gasteiger partial charge < -0.3 is 20.5 Å². The van der Waals surface area contributed by atoms with E-state index in [0.29, 0.717) is 17.9 Å². The molecule has 1 aromatic carbocycles. The van der Waals surface area contributed by atoms with Gasteiger partial charge in [0.2, 0.25) is 0 Å². The third-order valence-corrected chi connectivity index (χ3v) is 2.59. The van der Waals surface area contributed by atoms with E-state index in [4.69, 9.17) is 16.3 Å². The molecule has 0 fully saturated rings. The highest BCUT2D eigenvalue weighted by Gasteiger charge is 2.07. The topological polar surface area (TPSA) is 70.6 Å². The van der Waals surface area contributed by atoms with E-state index in [1.807, 2.05) is 6.92 Å². The van der Waals surface area contributed by atoms with Crippen molar-refractivity contribution >= 4 is 11.7 Å². The van der Waals surface area contributed by atoms with Gasteiger partial charge in [-0.2, -0.15) is 0 Å². The molecule has 0 aliphatic heterocycles. The van der Waals surface area contributed by atoms with Crippen molar-refractivity contribution in [2.75, 3.05) is 18.5 Å². The number of benzene rings is 1. The lowest BCUT2D eigenvalue weighted by Gasteiger charge is -2.14. The summed E-state index contributed by atoms with van der Waals surface area (Å²) in [6, 6.07) is 6.73. The normalized spacial score (nSPS) is 11.2. The Balaban J connectivity index is 2.47. The Morgan fingerprint density at radius 2 is 2.35 bits per heavy atom. The van der Waals surface area contributed by atoms with Gasteiger partial charge in [0, 0.05) is 24.4 Å². The zero-order valence-electron chi connectivity index (χ0n) is 11.6.